The van der Waals surface area contributed by atoms with Gasteiger partial charge in [-0.05, 0) is 22.4 Å². The van der Waals surface area contributed by atoms with Crippen LogP contribution in [0, 0.1) is 0 Å². The highest BCUT2D eigenvalue weighted by Gasteiger charge is 2.52. The van der Waals surface area contributed by atoms with E-state index in [0.29, 0.717) is 10.7 Å². The SMILES string of the molecule is NC1C(=O)N2C(C(=O)O)=C(C(CCNS(=O)(=O)O)Sc3nnn[nH]3)CS[C@@H]12. The zero-order valence-corrected chi connectivity index (χ0v) is 15.9. The topological polar surface area (TPSA) is 204 Å². The molecule has 0 bridgehead atoms. The fraction of sp³-hybridized carbons (Fsp3) is 0.545. The molecule has 1 aromatic rings. The van der Waals surface area contributed by atoms with E-state index in [0.717, 1.165) is 16.7 Å². The molecular formula is C11H15N7O6S3. The van der Waals surface area contributed by atoms with Crippen LogP contribution in [-0.2, 0) is 19.9 Å². The van der Waals surface area contributed by atoms with Gasteiger partial charge < -0.3 is 10.8 Å². The fourth-order valence-electron chi connectivity index (χ4n) is 2.74. The third-order valence-corrected chi connectivity index (χ3v) is 6.99. The molecule has 0 saturated carbocycles. The second kappa shape index (κ2) is 7.72. The molecule has 2 aliphatic heterocycles. The number of rotatable bonds is 8. The maximum absolute atomic E-state index is 12.1. The standard InChI is InChI=1S/C11H15N7O6S3/c12-6-8(19)18-7(10(20)21)4(3-25-9(6)18)5(1-2-13-27(22,23)24)26-11-14-16-17-15-11/h5-6,9,13H,1-3,12H2,(H,20,21)(H,22,23,24)(H,14,15,16,17)/t5?,6?,9-/m0/s1. The summed E-state index contributed by atoms with van der Waals surface area (Å²) in [7, 11) is -4.39. The van der Waals surface area contributed by atoms with Crippen LogP contribution in [0.1, 0.15) is 6.42 Å². The highest BCUT2D eigenvalue weighted by molar-refractivity contribution is 8.01. The summed E-state index contributed by atoms with van der Waals surface area (Å²) < 4.78 is 32.5. The van der Waals surface area contributed by atoms with E-state index in [2.05, 4.69) is 20.6 Å². The van der Waals surface area contributed by atoms with E-state index in [-0.39, 0.29) is 24.4 Å². The largest absolute Gasteiger partial charge is 0.477 e. The summed E-state index contributed by atoms with van der Waals surface area (Å²) >= 11 is 2.42. The van der Waals surface area contributed by atoms with Crippen LogP contribution in [-0.4, -0.2) is 84.4 Å². The molecule has 148 valence electrons. The molecule has 0 radical (unpaired) electrons. The number of nitrogens with two attached hydrogens (primary N) is 1. The quantitative estimate of drug-likeness (QED) is 0.170. The maximum atomic E-state index is 12.1. The van der Waals surface area contributed by atoms with Crippen LogP contribution in [0.2, 0.25) is 0 Å². The van der Waals surface area contributed by atoms with Gasteiger partial charge in [-0.25, -0.2) is 9.89 Å². The number of nitrogens with one attached hydrogen (secondary N) is 2. The Balaban J connectivity index is 1.90. The molecule has 0 spiro atoms. The van der Waals surface area contributed by atoms with Gasteiger partial charge in [0.15, 0.2) is 0 Å². The van der Waals surface area contributed by atoms with E-state index < -0.39 is 38.8 Å². The van der Waals surface area contributed by atoms with Crippen molar-refractivity contribution in [2.45, 2.75) is 28.2 Å². The highest BCUT2D eigenvalue weighted by atomic mass is 32.2. The molecule has 3 heterocycles. The fourth-order valence-corrected chi connectivity index (χ4v) is 5.62. The number of nitrogens with zero attached hydrogens (tertiary/aromatic N) is 4. The molecule has 0 aliphatic carbocycles. The molecule has 1 saturated heterocycles. The molecule has 0 aromatic carbocycles. The number of aliphatic carboxylic acids is 1. The first kappa shape index (κ1) is 20.0. The molecule has 1 aromatic heterocycles. The van der Waals surface area contributed by atoms with E-state index in [1.54, 1.807) is 0 Å². The number of carboxylic acids is 1. The van der Waals surface area contributed by atoms with Crippen molar-refractivity contribution in [3.63, 3.8) is 0 Å². The van der Waals surface area contributed by atoms with Crippen molar-refractivity contribution in [2.24, 2.45) is 5.73 Å². The number of H-pyrrole nitrogens is 1. The second-order valence-electron chi connectivity index (χ2n) is 5.59. The number of β-lactam (4-membered cyclic amide) rings is 1. The number of fused-ring (bicyclic) bond motifs is 1. The van der Waals surface area contributed by atoms with Crippen molar-refractivity contribution in [1.82, 2.24) is 30.2 Å². The summed E-state index contributed by atoms with van der Waals surface area (Å²) in [4.78, 5) is 25.0. The number of aromatic amines is 1. The monoisotopic (exact) mass is 437 g/mol. The van der Waals surface area contributed by atoms with Crippen LogP contribution in [0.3, 0.4) is 0 Å². The van der Waals surface area contributed by atoms with Gasteiger partial charge in [0.05, 0.1) is 0 Å². The average Bonchev–Trinajstić information content (AvgIpc) is 3.10. The van der Waals surface area contributed by atoms with Crippen molar-refractivity contribution < 1.29 is 27.7 Å². The van der Waals surface area contributed by atoms with Crippen LogP contribution >= 0.6 is 23.5 Å². The number of hydrogen-bond acceptors (Lipinski definition) is 10. The smallest absolute Gasteiger partial charge is 0.352 e. The molecule has 1 fully saturated rings. The zero-order valence-electron chi connectivity index (χ0n) is 13.5. The summed E-state index contributed by atoms with van der Waals surface area (Å²) in [6, 6.07) is -0.753. The number of carbonyl (C=O) groups is 2. The normalized spacial score (nSPS) is 23.8. The van der Waals surface area contributed by atoms with Gasteiger partial charge in [0.25, 0.3) is 0 Å². The van der Waals surface area contributed by atoms with Crippen molar-refractivity contribution in [1.29, 1.82) is 0 Å². The minimum absolute atomic E-state index is 0.122. The molecular weight excluding hydrogens is 422 g/mol. The van der Waals surface area contributed by atoms with Crippen LogP contribution in [0.15, 0.2) is 16.4 Å². The minimum atomic E-state index is -4.39. The maximum Gasteiger partial charge on any atom is 0.352 e. The van der Waals surface area contributed by atoms with Gasteiger partial charge in [-0.2, -0.15) is 13.1 Å². The lowest BCUT2D eigenvalue weighted by Gasteiger charge is -2.48. The Morgan fingerprint density at radius 2 is 2.30 bits per heavy atom. The molecule has 27 heavy (non-hydrogen) atoms. The summed E-state index contributed by atoms with van der Waals surface area (Å²) in [5.74, 6) is -1.47. The second-order valence-corrected chi connectivity index (χ2v) is 9.12. The number of hydrogen-bond donors (Lipinski definition) is 5. The van der Waals surface area contributed by atoms with E-state index in [9.17, 15) is 23.1 Å². The van der Waals surface area contributed by atoms with Gasteiger partial charge in [-0.15, -0.1) is 16.9 Å². The van der Waals surface area contributed by atoms with Crippen molar-refractivity contribution in [2.75, 3.05) is 12.3 Å². The predicted octanol–water partition coefficient (Wildman–Crippen LogP) is -1.98. The highest BCUT2D eigenvalue weighted by Crippen LogP contribution is 2.43. The number of amides is 1. The zero-order chi connectivity index (χ0) is 19.8. The molecule has 13 nitrogen and oxygen atoms in total. The third-order valence-electron chi connectivity index (χ3n) is 3.90. The van der Waals surface area contributed by atoms with Crippen LogP contribution in [0.25, 0.3) is 0 Å². The lowest BCUT2D eigenvalue weighted by molar-refractivity contribution is -0.148. The first-order chi connectivity index (χ1) is 12.7. The first-order valence-corrected chi connectivity index (χ1v) is 10.8. The Bertz CT molecular complexity index is 873. The minimum Gasteiger partial charge on any atom is -0.477 e. The number of carboxylic acid groups (broad SMARTS) is 1. The Morgan fingerprint density at radius 3 is 2.89 bits per heavy atom. The van der Waals surface area contributed by atoms with Gasteiger partial charge in [-0.1, -0.05) is 11.8 Å². The first-order valence-electron chi connectivity index (χ1n) is 7.48. The van der Waals surface area contributed by atoms with Crippen molar-refractivity contribution in [3.05, 3.63) is 11.3 Å². The molecule has 3 rings (SSSR count). The molecule has 6 N–H and O–H groups in total. The lowest BCUT2D eigenvalue weighted by Crippen LogP contribution is -2.68. The summed E-state index contributed by atoms with van der Waals surface area (Å²) in [6.45, 7) is -0.157. The summed E-state index contributed by atoms with van der Waals surface area (Å²) in [5, 5.41) is 22.1. The Morgan fingerprint density at radius 1 is 1.56 bits per heavy atom. The van der Waals surface area contributed by atoms with E-state index in [1.165, 1.54) is 11.8 Å². The number of thioether (sulfide) groups is 2. The van der Waals surface area contributed by atoms with E-state index >= 15 is 0 Å². The van der Waals surface area contributed by atoms with Gasteiger partial charge in [0.2, 0.25) is 11.1 Å². The average molecular weight is 437 g/mol. The molecule has 16 heteroatoms. The van der Waals surface area contributed by atoms with Gasteiger partial charge in [0.1, 0.15) is 17.1 Å². The van der Waals surface area contributed by atoms with Crippen LogP contribution in [0.4, 0.5) is 0 Å². The summed E-state index contributed by atoms with van der Waals surface area (Å²) in [5.41, 5.74) is 5.98. The Hall–Kier alpha value is -1.72. The lowest BCUT2D eigenvalue weighted by atomic mass is 10.0. The van der Waals surface area contributed by atoms with Crippen LogP contribution < -0.4 is 10.5 Å². The molecule has 2 aliphatic rings. The van der Waals surface area contributed by atoms with E-state index in [1.807, 2.05) is 4.72 Å². The van der Waals surface area contributed by atoms with Gasteiger partial charge in [-0.3, -0.25) is 14.2 Å². The van der Waals surface area contributed by atoms with Crippen LogP contribution in [0.5, 0.6) is 0 Å². The number of aromatic nitrogens is 4. The predicted molar refractivity (Wildman–Crippen MR) is 93.7 cm³/mol. The molecule has 3 atom stereocenters. The van der Waals surface area contributed by atoms with E-state index in [4.69, 9.17) is 10.3 Å². The van der Waals surface area contributed by atoms with Gasteiger partial charge >= 0.3 is 16.3 Å². The van der Waals surface area contributed by atoms with Crippen molar-refractivity contribution >= 4 is 45.7 Å². The summed E-state index contributed by atoms with van der Waals surface area (Å²) in [6.07, 6.45) is 0.122. The third kappa shape index (κ3) is 4.25. The number of carbonyl (C=O) groups excluding carboxylic acids is 1. The Kier molecular flexibility index (Phi) is 5.73. The molecule has 2 unspecified atom stereocenters. The molecule has 1 amide bonds. The Labute approximate surface area is 161 Å². The van der Waals surface area contributed by atoms with Crippen molar-refractivity contribution in [3.8, 4) is 0 Å². The number of tetrazole rings is 1. The van der Waals surface area contributed by atoms with Gasteiger partial charge in [0, 0.05) is 17.5 Å².